The number of thiazole rings is 1. The lowest BCUT2D eigenvalue weighted by Crippen LogP contribution is -2.33. The molecule has 0 aliphatic carbocycles. The van der Waals surface area contributed by atoms with Gasteiger partial charge in [0.15, 0.2) is 4.47 Å². The van der Waals surface area contributed by atoms with Gasteiger partial charge >= 0.3 is 5.97 Å². The van der Waals surface area contributed by atoms with Gasteiger partial charge in [0.25, 0.3) is 0 Å². The Kier molecular flexibility index (Phi) is 3.65. The average molecular weight is 221 g/mol. The highest BCUT2D eigenvalue weighted by Gasteiger charge is 2.15. The van der Waals surface area contributed by atoms with Crippen LogP contribution in [0.1, 0.15) is 4.88 Å². The summed E-state index contributed by atoms with van der Waals surface area (Å²) in [6, 6.07) is -0.637. The van der Waals surface area contributed by atoms with Crippen LogP contribution in [0.5, 0.6) is 0 Å². The fourth-order valence-electron chi connectivity index (χ4n) is 0.829. The van der Waals surface area contributed by atoms with Crippen LogP contribution < -0.4 is 5.73 Å². The van der Waals surface area contributed by atoms with Crippen LogP contribution in [0.3, 0.4) is 0 Å². The fourth-order valence-corrected chi connectivity index (χ4v) is 1.87. The molecule has 13 heavy (non-hydrogen) atoms. The summed E-state index contributed by atoms with van der Waals surface area (Å²) < 4.78 is 4.93. The molecule has 0 radical (unpaired) electrons. The van der Waals surface area contributed by atoms with Gasteiger partial charge in [-0.25, -0.2) is 4.98 Å². The highest BCUT2D eigenvalue weighted by atomic mass is 35.5. The first-order valence-electron chi connectivity index (χ1n) is 3.57. The number of methoxy groups -OCH3 is 1. The van der Waals surface area contributed by atoms with E-state index in [2.05, 4.69) is 9.72 Å². The predicted octanol–water partition coefficient (Wildman–Crippen LogP) is 0.839. The van der Waals surface area contributed by atoms with E-state index < -0.39 is 12.0 Å². The number of hydrogen-bond donors (Lipinski definition) is 1. The van der Waals surface area contributed by atoms with Gasteiger partial charge in [-0.3, -0.25) is 4.79 Å². The lowest BCUT2D eigenvalue weighted by atomic mass is 10.2. The van der Waals surface area contributed by atoms with Gasteiger partial charge < -0.3 is 10.5 Å². The third kappa shape index (κ3) is 2.95. The molecule has 0 spiro atoms. The molecule has 4 nitrogen and oxygen atoms in total. The Morgan fingerprint density at radius 3 is 3.08 bits per heavy atom. The fraction of sp³-hybridized carbons (Fsp3) is 0.429. The largest absolute Gasteiger partial charge is 0.468 e. The molecule has 72 valence electrons. The van der Waals surface area contributed by atoms with Gasteiger partial charge in [0.05, 0.1) is 7.11 Å². The molecule has 6 heteroatoms. The molecule has 0 saturated carbocycles. The van der Waals surface area contributed by atoms with E-state index in [1.54, 1.807) is 6.20 Å². The van der Waals surface area contributed by atoms with Crippen molar-refractivity contribution in [1.82, 2.24) is 4.98 Å². The van der Waals surface area contributed by atoms with E-state index in [1.165, 1.54) is 18.4 Å². The van der Waals surface area contributed by atoms with E-state index in [9.17, 15) is 4.79 Å². The Bertz CT molecular complexity index is 302. The van der Waals surface area contributed by atoms with Crippen molar-refractivity contribution in [2.45, 2.75) is 12.5 Å². The number of nitrogens with zero attached hydrogens (tertiary/aromatic N) is 1. The summed E-state index contributed by atoms with van der Waals surface area (Å²) >= 11 is 6.92. The molecule has 1 atom stereocenters. The number of nitrogens with two attached hydrogens (primary N) is 1. The second-order valence-electron chi connectivity index (χ2n) is 2.41. The third-order valence-electron chi connectivity index (χ3n) is 1.45. The van der Waals surface area contributed by atoms with Gasteiger partial charge in [-0.1, -0.05) is 11.6 Å². The number of halogens is 1. The zero-order valence-corrected chi connectivity index (χ0v) is 8.56. The predicted molar refractivity (Wildman–Crippen MR) is 50.8 cm³/mol. The molecule has 0 aliphatic rings. The highest BCUT2D eigenvalue weighted by molar-refractivity contribution is 7.15. The second kappa shape index (κ2) is 4.55. The molecule has 0 fully saturated rings. The summed E-state index contributed by atoms with van der Waals surface area (Å²) in [6.07, 6.45) is 2.02. The molecular weight excluding hydrogens is 212 g/mol. The van der Waals surface area contributed by atoms with Gasteiger partial charge in [-0.2, -0.15) is 0 Å². The van der Waals surface area contributed by atoms with Gasteiger partial charge in [0.2, 0.25) is 0 Å². The molecule has 2 N–H and O–H groups in total. The van der Waals surface area contributed by atoms with E-state index >= 15 is 0 Å². The van der Waals surface area contributed by atoms with Gasteiger partial charge in [0, 0.05) is 17.5 Å². The molecule has 1 aromatic rings. The topological polar surface area (TPSA) is 65.2 Å². The maximum atomic E-state index is 10.9. The molecule has 0 saturated heterocycles. The smallest absolute Gasteiger partial charge is 0.323 e. The summed E-state index contributed by atoms with van der Waals surface area (Å²) in [5, 5.41) is 0. The van der Waals surface area contributed by atoms with Crippen molar-refractivity contribution in [2.75, 3.05) is 7.11 Å². The van der Waals surface area contributed by atoms with Crippen molar-refractivity contribution in [1.29, 1.82) is 0 Å². The van der Waals surface area contributed by atoms with E-state index in [4.69, 9.17) is 17.3 Å². The Morgan fingerprint density at radius 2 is 2.62 bits per heavy atom. The first-order valence-corrected chi connectivity index (χ1v) is 4.76. The quantitative estimate of drug-likeness (QED) is 0.767. The van der Waals surface area contributed by atoms with Crippen LogP contribution in [0.4, 0.5) is 0 Å². The van der Waals surface area contributed by atoms with Crippen LogP contribution in [0.2, 0.25) is 4.47 Å². The van der Waals surface area contributed by atoms with Crippen LogP contribution >= 0.6 is 22.9 Å². The summed E-state index contributed by atoms with van der Waals surface area (Å²) in [5.74, 6) is -0.426. The van der Waals surface area contributed by atoms with Crippen LogP contribution in [0.15, 0.2) is 6.20 Å². The van der Waals surface area contributed by atoms with Gasteiger partial charge in [0.1, 0.15) is 6.04 Å². The van der Waals surface area contributed by atoms with Crippen LogP contribution in [-0.4, -0.2) is 24.1 Å². The van der Waals surface area contributed by atoms with E-state index in [0.29, 0.717) is 10.9 Å². The minimum absolute atomic E-state index is 0.414. The monoisotopic (exact) mass is 220 g/mol. The summed E-state index contributed by atoms with van der Waals surface area (Å²) in [6.45, 7) is 0. The van der Waals surface area contributed by atoms with E-state index in [-0.39, 0.29) is 0 Å². The number of ether oxygens (including phenoxy) is 1. The minimum atomic E-state index is -0.637. The molecule has 0 aromatic carbocycles. The van der Waals surface area contributed by atoms with Crippen molar-refractivity contribution >= 4 is 28.9 Å². The number of carbonyl (C=O) groups excluding carboxylic acids is 1. The Morgan fingerprint density at radius 1 is 1.92 bits per heavy atom. The summed E-state index contributed by atoms with van der Waals surface area (Å²) in [4.78, 5) is 15.6. The number of esters is 1. The maximum Gasteiger partial charge on any atom is 0.323 e. The van der Waals surface area contributed by atoms with Gasteiger partial charge in [-0.15, -0.1) is 11.3 Å². The lowest BCUT2D eigenvalue weighted by Gasteiger charge is -2.06. The average Bonchev–Trinajstić information content (AvgIpc) is 2.49. The van der Waals surface area contributed by atoms with Crippen LogP contribution in [0.25, 0.3) is 0 Å². The lowest BCUT2D eigenvalue weighted by molar-refractivity contribution is -0.142. The molecule has 1 rings (SSSR count). The molecule has 0 bridgehead atoms. The number of carbonyl (C=O) groups is 1. The normalized spacial score (nSPS) is 12.5. The maximum absolute atomic E-state index is 10.9. The van der Waals surface area contributed by atoms with Crippen molar-refractivity contribution in [3.63, 3.8) is 0 Å². The van der Waals surface area contributed by atoms with Crippen molar-refractivity contribution in [2.24, 2.45) is 5.73 Å². The Balaban J connectivity index is 2.54. The van der Waals surface area contributed by atoms with E-state index in [0.717, 1.165) is 4.88 Å². The first kappa shape index (κ1) is 10.4. The molecule has 0 amide bonds. The zero-order valence-electron chi connectivity index (χ0n) is 6.99. The Labute approximate surface area is 84.7 Å². The minimum Gasteiger partial charge on any atom is -0.468 e. The molecule has 0 aliphatic heterocycles. The van der Waals surface area contributed by atoms with Crippen LogP contribution in [-0.2, 0) is 16.0 Å². The van der Waals surface area contributed by atoms with Crippen molar-refractivity contribution in [3.05, 3.63) is 15.5 Å². The van der Waals surface area contributed by atoms with E-state index in [1.807, 2.05) is 0 Å². The molecule has 1 heterocycles. The first-order chi connectivity index (χ1) is 6.13. The highest BCUT2D eigenvalue weighted by Crippen LogP contribution is 2.18. The zero-order chi connectivity index (χ0) is 9.84. The molecular formula is C7H9ClN2O2S. The SMILES string of the molecule is COC(=O)C(N)Cc1cnc(Cl)s1. The number of rotatable bonds is 3. The standard InChI is InChI=1S/C7H9ClN2O2S/c1-12-6(11)5(9)2-4-3-10-7(8)13-4/h3,5H,2,9H2,1H3. The van der Waals surface area contributed by atoms with Crippen molar-refractivity contribution < 1.29 is 9.53 Å². The third-order valence-corrected chi connectivity index (χ3v) is 2.59. The van der Waals surface area contributed by atoms with Crippen molar-refractivity contribution in [3.8, 4) is 0 Å². The number of hydrogen-bond acceptors (Lipinski definition) is 5. The molecule has 1 aromatic heterocycles. The Hall–Kier alpha value is -0.650. The number of aromatic nitrogens is 1. The second-order valence-corrected chi connectivity index (χ2v) is 4.11. The summed E-state index contributed by atoms with van der Waals surface area (Å²) in [7, 11) is 1.31. The van der Waals surface area contributed by atoms with Crippen LogP contribution in [0, 0.1) is 0 Å². The van der Waals surface area contributed by atoms with Gasteiger partial charge in [-0.05, 0) is 0 Å². The molecule has 1 unspecified atom stereocenters. The summed E-state index contributed by atoms with van der Waals surface area (Å²) in [5.41, 5.74) is 5.53.